The molecule has 0 N–H and O–H groups in total. The van der Waals surface area contributed by atoms with Crippen molar-refractivity contribution in [2.45, 2.75) is 32.7 Å². The van der Waals surface area contributed by atoms with Crippen LogP contribution in [0.15, 0.2) is 40.9 Å². The second-order valence-corrected chi connectivity index (χ2v) is 7.54. The Morgan fingerprint density at radius 3 is 2.52 bits per heavy atom. The molecule has 120 valence electrons. The number of anilines is 1. The highest BCUT2D eigenvalue weighted by Gasteiger charge is 2.22. The Bertz CT molecular complexity index is 834. The minimum Gasteiger partial charge on any atom is -0.354 e. The molecule has 0 atom stereocenters. The van der Waals surface area contributed by atoms with Gasteiger partial charge in [0.2, 0.25) is 0 Å². The van der Waals surface area contributed by atoms with Gasteiger partial charge in [0.15, 0.2) is 11.5 Å². The van der Waals surface area contributed by atoms with Crippen LogP contribution in [-0.2, 0) is 12.0 Å². The van der Waals surface area contributed by atoms with E-state index in [-0.39, 0.29) is 5.41 Å². The number of nitrogens with zero attached hydrogens (tertiary/aromatic N) is 5. The molecule has 3 aromatic rings. The predicted octanol–water partition coefficient (Wildman–Crippen LogP) is 3.82. The van der Waals surface area contributed by atoms with Gasteiger partial charge in [-0.05, 0) is 23.8 Å². The number of halogens is 1. The lowest BCUT2D eigenvalue weighted by Gasteiger charge is -2.20. The lowest BCUT2D eigenvalue weighted by Crippen LogP contribution is -2.21. The molecule has 0 saturated heterocycles. The van der Waals surface area contributed by atoms with E-state index in [1.54, 1.807) is 0 Å². The van der Waals surface area contributed by atoms with Crippen LogP contribution in [0, 0.1) is 0 Å². The summed E-state index contributed by atoms with van der Waals surface area (Å²) in [7, 11) is 2.04. The largest absolute Gasteiger partial charge is 0.354 e. The molecule has 0 amide bonds. The molecule has 0 spiro atoms. The van der Waals surface area contributed by atoms with Gasteiger partial charge in [-0.2, -0.15) is 4.52 Å². The van der Waals surface area contributed by atoms with Crippen molar-refractivity contribution < 1.29 is 0 Å². The number of benzene rings is 1. The highest BCUT2D eigenvalue weighted by Crippen LogP contribution is 2.23. The molecule has 0 saturated carbocycles. The summed E-state index contributed by atoms with van der Waals surface area (Å²) in [4.78, 5) is 2.12. The Kier molecular flexibility index (Phi) is 4.10. The number of rotatable bonds is 3. The molecule has 6 heteroatoms. The average Bonchev–Trinajstić information content (AvgIpc) is 2.92. The van der Waals surface area contributed by atoms with Crippen molar-refractivity contribution in [2.75, 3.05) is 11.9 Å². The van der Waals surface area contributed by atoms with Gasteiger partial charge in [-0.3, -0.25) is 0 Å². The molecular formula is C17H20BrN5. The average molecular weight is 374 g/mol. The van der Waals surface area contributed by atoms with E-state index in [0.717, 1.165) is 28.3 Å². The number of fused-ring (bicyclic) bond motifs is 1. The molecule has 5 nitrogen and oxygen atoms in total. The third kappa shape index (κ3) is 3.22. The Morgan fingerprint density at radius 2 is 1.83 bits per heavy atom. The number of hydrogen-bond acceptors (Lipinski definition) is 4. The summed E-state index contributed by atoms with van der Waals surface area (Å²) < 4.78 is 2.94. The maximum atomic E-state index is 4.73. The predicted molar refractivity (Wildman–Crippen MR) is 95.7 cm³/mol. The number of hydrogen-bond donors (Lipinski definition) is 0. The molecule has 23 heavy (non-hydrogen) atoms. The third-order valence-electron chi connectivity index (χ3n) is 3.68. The zero-order chi connectivity index (χ0) is 16.6. The minimum absolute atomic E-state index is 0.105. The molecule has 0 fully saturated rings. The van der Waals surface area contributed by atoms with E-state index in [0.29, 0.717) is 0 Å². The van der Waals surface area contributed by atoms with Gasteiger partial charge in [-0.25, -0.2) is 0 Å². The van der Waals surface area contributed by atoms with Crippen molar-refractivity contribution in [3.63, 3.8) is 0 Å². The summed E-state index contributed by atoms with van der Waals surface area (Å²) in [6, 6.07) is 12.2. The van der Waals surface area contributed by atoms with Crippen molar-refractivity contribution in [3.05, 3.63) is 52.3 Å². The van der Waals surface area contributed by atoms with Crippen LogP contribution in [-0.4, -0.2) is 26.9 Å². The van der Waals surface area contributed by atoms with Crippen molar-refractivity contribution in [1.82, 2.24) is 19.8 Å². The first-order valence-corrected chi connectivity index (χ1v) is 8.33. The summed E-state index contributed by atoms with van der Waals surface area (Å²) in [6.45, 7) is 7.11. The molecule has 0 aliphatic heterocycles. The lowest BCUT2D eigenvalue weighted by molar-refractivity contribution is 0.526. The number of aromatic nitrogens is 4. The molecule has 3 rings (SSSR count). The van der Waals surface area contributed by atoms with Crippen LogP contribution in [0.2, 0.25) is 0 Å². The van der Waals surface area contributed by atoms with E-state index in [9.17, 15) is 0 Å². The molecule has 0 bridgehead atoms. The fourth-order valence-electron chi connectivity index (χ4n) is 2.41. The van der Waals surface area contributed by atoms with E-state index in [1.807, 2.05) is 35.8 Å². The summed E-state index contributed by atoms with van der Waals surface area (Å²) in [5.74, 6) is 1.75. The van der Waals surface area contributed by atoms with Crippen LogP contribution >= 0.6 is 15.9 Å². The SMILES string of the molecule is CN(Cc1ccccc1Br)c1ccc2nnc(C(C)(C)C)n2n1. The van der Waals surface area contributed by atoms with Crippen LogP contribution < -0.4 is 4.90 Å². The zero-order valence-corrected chi connectivity index (χ0v) is 15.4. The van der Waals surface area contributed by atoms with Gasteiger partial charge in [0, 0.05) is 23.5 Å². The maximum Gasteiger partial charge on any atom is 0.178 e. The van der Waals surface area contributed by atoms with E-state index < -0.39 is 0 Å². The van der Waals surface area contributed by atoms with Crippen molar-refractivity contribution >= 4 is 27.4 Å². The van der Waals surface area contributed by atoms with Crippen LogP contribution in [0.5, 0.6) is 0 Å². The smallest absolute Gasteiger partial charge is 0.178 e. The Hall–Kier alpha value is -1.95. The van der Waals surface area contributed by atoms with Gasteiger partial charge in [-0.1, -0.05) is 54.9 Å². The fourth-order valence-corrected chi connectivity index (χ4v) is 2.82. The molecule has 2 heterocycles. The quantitative estimate of drug-likeness (QED) is 0.699. The summed E-state index contributed by atoms with van der Waals surface area (Å²) >= 11 is 3.60. The second kappa shape index (κ2) is 5.92. The van der Waals surface area contributed by atoms with Crippen LogP contribution in [0.25, 0.3) is 5.65 Å². The van der Waals surface area contributed by atoms with E-state index in [2.05, 4.69) is 63.9 Å². The molecular weight excluding hydrogens is 354 g/mol. The van der Waals surface area contributed by atoms with E-state index >= 15 is 0 Å². The Morgan fingerprint density at radius 1 is 1.09 bits per heavy atom. The standard InChI is InChI=1S/C17H20BrN5/c1-17(2,3)16-20-19-14-9-10-15(21-23(14)16)22(4)11-12-7-5-6-8-13(12)18/h5-10H,11H2,1-4H3. The summed E-state index contributed by atoms with van der Waals surface area (Å²) in [5.41, 5.74) is 1.89. The van der Waals surface area contributed by atoms with Gasteiger partial charge in [0.05, 0.1) is 0 Å². The highest BCUT2D eigenvalue weighted by atomic mass is 79.9. The van der Waals surface area contributed by atoms with Gasteiger partial charge in [0.25, 0.3) is 0 Å². The first-order chi connectivity index (χ1) is 10.9. The normalized spacial score (nSPS) is 11.9. The summed E-state index contributed by atoms with van der Waals surface area (Å²) in [6.07, 6.45) is 0. The van der Waals surface area contributed by atoms with E-state index in [4.69, 9.17) is 5.10 Å². The second-order valence-electron chi connectivity index (χ2n) is 6.68. The Labute approximate surface area is 144 Å². The molecule has 0 radical (unpaired) electrons. The lowest BCUT2D eigenvalue weighted by atomic mass is 9.96. The van der Waals surface area contributed by atoms with Gasteiger partial charge in [-0.15, -0.1) is 15.3 Å². The van der Waals surface area contributed by atoms with Gasteiger partial charge < -0.3 is 4.90 Å². The van der Waals surface area contributed by atoms with Crippen LogP contribution in [0.3, 0.4) is 0 Å². The third-order valence-corrected chi connectivity index (χ3v) is 4.45. The first kappa shape index (κ1) is 15.9. The molecule has 0 aliphatic carbocycles. The Balaban J connectivity index is 1.95. The van der Waals surface area contributed by atoms with E-state index in [1.165, 1.54) is 5.56 Å². The van der Waals surface area contributed by atoms with Crippen molar-refractivity contribution in [1.29, 1.82) is 0 Å². The monoisotopic (exact) mass is 373 g/mol. The zero-order valence-electron chi connectivity index (χ0n) is 13.8. The topological polar surface area (TPSA) is 46.3 Å². The highest BCUT2D eigenvalue weighted by molar-refractivity contribution is 9.10. The molecule has 2 aromatic heterocycles. The maximum absolute atomic E-state index is 4.73. The summed E-state index contributed by atoms with van der Waals surface area (Å²) in [5, 5.41) is 13.2. The van der Waals surface area contributed by atoms with Gasteiger partial charge >= 0.3 is 0 Å². The molecule has 1 aromatic carbocycles. The van der Waals surface area contributed by atoms with Crippen molar-refractivity contribution in [2.24, 2.45) is 0 Å². The van der Waals surface area contributed by atoms with Crippen LogP contribution in [0.4, 0.5) is 5.82 Å². The first-order valence-electron chi connectivity index (χ1n) is 7.54. The fraction of sp³-hybridized carbons (Fsp3) is 0.353. The van der Waals surface area contributed by atoms with Gasteiger partial charge in [0.1, 0.15) is 5.82 Å². The molecule has 0 unspecified atom stereocenters. The van der Waals surface area contributed by atoms with Crippen molar-refractivity contribution in [3.8, 4) is 0 Å². The minimum atomic E-state index is -0.105. The molecule has 0 aliphatic rings. The van der Waals surface area contributed by atoms with Crippen LogP contribution in [0.1, 0.15) is 32.2 Å².